The van der Waals surface area contributed by atoms with Crippen molar-refractivity contribution in [1.82, 2.24) is 0 Å². The molecule has 100 valence electrons. The van der Waals surface area contributed by atoms with Gasteiger partial charge < -0.3 is 9.47 Å². The minimum atomic E-state index is -0.537. The fourth-order valence-electron chi connectivity index (χ4n) is 1.56. The van der Waals surface area contributed by atoms with Crippen LogP contribution in [0, 0.1) is 0 Å². The van der Waals surface area contributed by atoms with Crippen LogP contribution >= 0.6 is 0 Å². The van der Waals surface area contributed by atoms with E-state index in [-0.39, 0.29) is 0 Å². The maximum Gasteiger partial charge on any atom is 0.207 e. The summed E-state index contributed by atoms with van der Waals surface area (Å²) in [6.07, 6.45) is 4.84. The zero-order valence-corrected chi connectivity index (χ0v) is 11.7. The smallest absolute Gasteiger partial charge is 0.207 e. The van der Waals surface area contributed by atoms with Crippen LogP contribution in [0.1, 0.15) is 45.6 Å². The van der Waals surface area contributed by atoms with Crippen molar-refractivity contribution in [1.29, 1.82) is 0 Å². The van der Waals surface area contributed by atoms with Crippen molar-refractivity contribution >= 4 is 6.08 Å². The second kappa shape index (κ2) is 7.22. The van der Waals surface area contributed by atoms with Crippen molar-refractivity contribution in [3.8, 4) is 5.75 Å². The van der Waals surface area contributed by atoms with Crippen LogP contribution < -0.4 is 4.74 Å². The average molecular weight is 248 g/mol. The Labute approximate surface area is 111 Å². The Morgan fingerprint density at radius 3 is 2.39 bits per heavy atom. The summed E-state index contributed by atoms with van der Waals surface area (Å²) >= 11 is 0. The molecule has 0 spiro atoms. The Morgan fingerprint density at radius 2 is 1.89 bits per heavy atom. The molecule has 0 fully saturated rings. The number of hydrogen-bond acceptors (Lipinski definition) is 2. The van der Waals surface area contributed by atoms with Crippen LogP contribution in [0.5, 0.6) is 5.75 Å². The van der Waals surface area contributed by atoms with E-state index in [4.69, 9.17) is 9.47 Å². The molecule has 2 heteroatoms. The second-order valence-corrected chi connectivity index (χ2v) is 4.56. The minimum absolute atomic E-state index is 0.537. The highest BCUT2D eigenvalue weighted by molar-refractivity contribution is 5.48. The van der Waals surface area contributed by atoms with Gasteiger partial charge in [-0.2, -0.15) is 0 Å². The number of unbranched alkanes of at least 4 members (excludes halogenated alkanes) is 1. The summed E-state index contributed by atoms with van der Waals surface area (Å²) in [4.78, 5) is 0. The third-order valence-corrected chi connectivity index (χ3v) is 3.00. The van der Waals surface area contributed by atoms with Crippen molar-refractivity contribution < 1.29 is 9.47 Å². The summed E-state index contributed by atoms with van der Waals surface area (Å²) in [5, 5.41) is 0. The summed E-state index contributed by atoms with van der Waals surface area (Å²) in [6, 6.07) is 7.89. The predicted octanol–water partition coefficient (Wildman–Crippen LogP) is 4.65. The molecule has 1 aromatic rings. The Hall–Kier alpha value is -1.28. The van der Waals surface area contributed by atoms with Gasteiger partial charge in [0.2, 0.25) is 5.79 Å². The lowest BCUT2D eigenvalue weighted by Crippen LogP contribution is -2.35. The van der Waals surface area contributed by atoms with Gasteiger partial charge in [0.05, 0.1) is 6.61 Å². The van der Waals surface area contributed by atoms with Gasteiger partial charge in [-0.25, -0.2) is 0 Å². The molecule has 0 aliphatic rings. The first-order valence-corrected chi connectivity index (χ1v) is 6.69. The quantitative estimate of drug-likeness (QED) is 0.492. The monoisotopic (exact) mass is 248 g/mol. The SMILES string of the molecule is C=Cc1ccc(OC(C)(CC)OCCCC)cc1. The molecule has 1 rings (SSSR count). The summed E-state index contributed by atoms with van der Waals surface area (Å²) in [6.45, 7) is 10.7. The van der Waals surface area contributed by atoms with Crippen LogP contribution in [0.2, 0.25) is 0 Å². The fourth-order valence-corrected chi connectivity index (χ4v) is 1.56. The van der Waals surface area contributed by atoms with Crippen LogP contribution in [0.25, 0.3) is 6.08 Å². The number of benzene rings is 1. The highest BCUT2D eigenvalue weighted by Gasteiger charge is 2.24. The van der Waals surface area contributed by atoms with Gasteiger partial charge in [-0.3, -0.25) is 0 Å². The van der Waals surface area contributed by atoms with Gasteiger partial charge >= 0.3 is 0 Å². The first-order valence-electron chi connectivity index (χ1n) is 6.69. The maximum atomic E-state index is 5.94. The number of rotatable bonds is 8. The molecule has 0 saturated heterocycles. The summed E-state index contributed by atoms with van der Waals surface area (Å²) in [7, 11) is 0. The summed E-state index contributed by atoms with van der Waals surface area (Å²) < 4.78 is 11.8. The molecule has 18 heavy (non-hydrogen) atoms. The van der Waals surface area contributed by atoms with E-state index in [2.05, 4.69) is 20.4 Å². The lowest BCUT2D eigenvalue weighted by molar-refractivity contribution is -0.172. The number of ether oxygens (including phenoxy) is 2. The van der Waals surface area contributed by atoms with Crippen LogP contribution in [0.15, 0.2) is 30.8 Å². The van der Waals surface area contributed by atoms with Crippen LogP contribution in [0.4, 0.5) is 0 Å². The maximum absolute atomic E-state index is 5.94. The fraction of sp³-hybridized carbons (Fsp3) is 0.500. The number of hydrogen-bond donors (Lipinski definition) is 0. The molecular formula is C16H24O2. The molecule has 0 N–H and O–H groups in total. The average Bonchev–Trinajstić information content (AvgIpc) is 2.40. The van der Waals surface area contributed by atoms with E-state index in [1.165, 1.54) is 0 Å². The lowest BCUT2D eigenvalue weighted by Gasteiger charge is -2.29. The zero-order valence-electron chi connectivity index (χ0n) is 11.7. The van der Waals surface area contributed by atoms with E-state index in [0.717, 1.165) is 37.2 Å². The third-order valence-electron chi connectivity index (χ3n) is 3.00. The molecule has 1 atom stereocenters. The largest absolute Gasteiger partial charge is 0.463 e. The standard InChI is InChI=1S/C16H24O2/c1-5-8-13-17-16(4,7-3)18-15-11-9-14(6-2)10-12-15/h6,9-12H,2,5,7-8,13H2,1,3-4H3. The van der Waals surface area contributed by atoms with E-state index in [0.29, 0.717) is 0 Å². The highest BCUT2D eigenvalue weighted by atomic mass is 16.7. The van der Waals surface area contributed by atoms with Crippen molar-refractivity contribution in [2.24, 2.45) is 0 Å². The third kappa shape index (κ3) is 4.53. The van der Waals surface area contributed by atoms with Gasteiger partial charge in [0, 0.05) is 13.3 Å². The normalized spacial score (nSPS) is 13.9. The van der Waals surface area contributed by atoms with Gasteiger partial charge in [0.1, 0.15) is 5.75 Å². The van der Waals surface area contributed by atoms with Crippen molar-refractivity contribution in [3.63, 3.8) is 0 Å². The van der Waals surface area contributed by atoms with Crippen molar-refractivity contribution in [3.05, 3.63) is 36.4 Å². The lowest BCUT2D eigenvalue weighted by atomic mass is 10.2. The predicted molar refractivity (Wildman–Crippen MR) is 76.7 cm³/mol. The van der Waals surface area contributed by atoms with E-state index >= 15 is 0 Å². The Balaban J connectivity index is 2.62. The molecule has 0 saturated carbocycles. The highest BCUT2D eigenvalue weighted by Crippen LogP contribution is 2.23. The topological polar surface area (TPSA) is 18.5 Å². The molecular weight excluding hydrogens is 224 g/mol. The summed E-state index contributed by atoms with van der Waals surface area (Å²) in [5.74, 6) is 0.298. The molecule has 0 heterocycles. The molecule has 0 aliphatic heterocycles. The molecule has 0 bridgehead atoms. The zero-order chi connectivity index (χ0) is 13.4. The molecule has 1 unspecified atom stereocenters. The van der Waals surface area contributed by atoms with Crippen molar-refractivity contribution in [2.45, 2.75) is 45.8 Å². The van der Waals surface area contributed by atoms with Crippen LogP contribution in [-0.4, -0.2) is 12.4 Å². The van der Waals surface area contributed by atoms with Crippen LogP contribution in [0.3, 0.4) is 0 Å². The van der Waals surface area contributed by atoms with Gasteiger partial charge in [-0.15, -0.1) is 0 Å². The molecule has 0 radical (unpaired) electrons. The first-order chi connectivity index (χ1) is 8.63. The van der Waals surface area contributed by atoms with Gasteiger partial charge in [0.15, 0.2) is 0 Å². The minimum Gasteiger partial charge on any atom is -0.463 e. The van der Waals surface area contributed by atoms with Gasteiger partial charge in [0.25, 0.3) is 0 Å². The van der Waals surface area contributed by atoms with E-state index < -0.39 is 5.79 Å². The molecule has 0 aliphatic carbocycles. The van der Waals surface area contributed by atoms with Crippen LogP contribution in [-0.2, 0) is 4.74 Å². The molecule has 2 nitrogen and oxygen atoms in total. The molecule has 0 amide bonds. The Bertz CT molecular complexity index is 356. The molecule has 1 aromatic carbocycles. The van der Waals surface area contributed by atoms with E-state index in [1.807, 2.05) is 37.3 Å². The Morgan fingerprint density at radius 1 is 1.22 bits per heavy atom. The first kappa shape index (κ1) is 14.8. The van der Waals surface area contributed by atoms with Gasteiger partial charge in [-0.05, 0) is 24.1 Å². The molecule has 0 aromatic heterocycles. The van der Waals surface area contributed by atoms with E-state index in [9.17, 15) is 0 Å². The Kier molecular flexibility index (Phi) is 5.93. The van der Waals surface area contributed by atoms with E-state index in [1.54, 1.807) is 0 Å². The van der Waals surface area contributed by atoms with Gasteiger partial charge in [-0.1, -0.05) is 45.1 Å². The summed E-state index contributed by atoms with van der Waals surface area (Å²) in [5.41, 5.74) is 1.09. The van der Waals surface area contributed by atoms with Crippen molar-refractivity contribution in [2.75, 3.05) is 6.61 Å². The second-order valence-electron chi connectivity index (χ2n) is 4.56.